The van der Waals surface area contributed by atoms with Crippen LogP contribution in [-0.4, -0.2) is 87.4 Å². The van der Waals surface area contributed by atoms with Gasteiger partial charge in [-0.25, -0.2) is 9.59 Å². The highest BCUT2D eigenvalue weighted by Crippen LogP contribution is 2.33. The number of rotatable bonds is 8. The average Bonchev–Trinajstić information content (AvgIpc) is 3.44. The van der Waals surface area contributed by atoms with Crippen molar-refractivity contribution < 1.29 is 30.1 Å². The molecule has 0 aliphatic carbocycles. The fourth-order valence-corrected chi connectivity index (χ4v) is 5.33. The molecule has 204 valence electrons. The first kappa shape index (κ1) is 23.9. The van der Waals surface area contributed by atoms with Crippen LogP contribution in [0.5, 0.6) is 0 Å². The Morgan fingerprint density at radius 1 is 1.13 bits per heavy atom. The first-order valence-electron chi connectivity index (χ1n) is 14.3. The van der Waals surface area contributed by atoms with Crippen LogP contribution < -0.4 is 5.32 Å². The predicted molar refractivity (Wildman–Crippen MR) is 148 cm³/mol. The lowest BCUT2D eigenvalue weighted by atomic mass is 9.81. The number of nitrogens with zero attached hydrogens (tertiary/aromatic N) is 3. The third kappa shape index (κ3) is 8.97. The molecule has 9 nitrogen and oxygen atoms in total. The van der Waals surface area contributed by atoms with Gasteiger partial charge in [0.25, 0.3) is 0 Å². The van der Waals surface area contributed by atoms with Crippen LogP contribution in [0.3, 0.4) is 0 Å². The van der Waals surface area contributed by atoms with E-state index in [1.807, 2.05) is 11.0 Å². The number of amides is 1. The van der Waals surface area contributed by atoms with Crippen LogP contribution in [0.25, 0.3) is 0 Å². The maximum atomic E-state index is 13.1. The second kappa shape index (κ2) is 14.1. The van der Waals surface area contributed by atoms with Gasteiger partial charge >= 0.3 is 11.9 Å². The Kier molecular flexibility index (Phi) is 8.85. The van der Waals surface area contributed by atoms with Gasteiger partial charge in [-0.1, -0.05) is 50.2 Å². The summed E-state index contributed by atoms with van der Waals surface area (Å²) < 4.78 is 31.7. The number of piperazine rings is 1. The quantitative estimate of drug-likeness (QED) is 0.430. The van der Waals surface area contributed by atoms with Gasteiger partial charge in [0.05, 0.1) is 16.9 Å². The maximum absolute atomic E-state index is 13.1. The lowest BCUT2D eigenvalue weighted by Crippen LogP contribution is -2.54. The van der Waals surface area contributed by atoms with Crippen molar-refractivity contribution in [2.45, 2.75) is 37.1 Å². The molecule has 0 spiro atoms. The Morgan fingerprint density at radius 2 is 1.79 bits per heavy atom. The maximum Gasteiger partial charge on any atom is 0.328 e. The molecule has 1 unspecified atom stereocenters. The van der Waals surface area contributed by atoms with Gasteiger partial charge in [0, 0.05) is 56.4 Å². The van der Waals surface area contributed by atoms with E-state index in [-0.39, 0.29) is 47.4 Å². The van der Waals surface area contributed by atoms with Crippen LogP contribution in [0.15, 0.2) is 66.9 Å². The first-order valence-corrected chi connectivity index (χ1v) is 13.4. The summed E-state index contributed by atoms with van der Waals surface area (Å²) >= 11 is 1.45. The third-order valence-electron chi connectivity index (χ3n) is 6.49. The number of aliphatic carboxylic acids is 2. The molecule has 2 atom stereocenters. The molecular formula is C28H36N4O5S. The molecule has 10 heteroatoms. The molecule has 2 aromatic rings. The first-order chi connectivity index (χ1) is 19.8. The average molecular weight is 545 g/mol. The zero-order valence-corrected chi connectivity index (χ0v) is 22.3. The molecule has 0 bridgehead atoms. The van der Waals surface area contributed by atoms with E-state index in [1.54, 1.807) is 0 Å². The molecule has 1 aromatic carbocycles. The van der Waals surface area contributed by atoms with E-state index in [2.05, 4.69) is 53.3 Å². The number of hydrogen-bond donors (Lipinski definition) is 3. The van der Waals surface area contributed by atoms with Crippen LogP contribution in [0.2, 0.25) is 0 Å². The zero-order chi connectivity index (χ0) is 31.0. The van der Waals surface area contributed by atoms with E-state index in [0.29, 0.717) is 31.0 Å². The SMILES string of the molecule is O=C(O)/C=C/C(=O)O.[2H]c1nc([2H])c(C2N[C@H](C(=O)N3CCN(CCC(C)(C)c4ccccc4)CC3)CS2)c([2H])c1[2H]. The van der Waals surface area contributed by atoms with Gasteiger partial charge in [-0.3, -0.25) is 20.0 Å². The van der Waals surface area contributed by atoms with Crippen LogP contribution in [0.4, 0.5) is 0 Å². The summed E-state index contributed by atoms with van der Waals surface area (Å²) in [5.41, 5.74) is 1.74. The number of carboxylic acids is 2. The monoisotopic (exact) mass is 544 g/mol. The lowest BCUT2D eigenvalue weighted by molar-refractivity contribution is -0.134. The number of carbonyl (C=O) groups is 3. The zero-order valence-electron chi connectivity index (χ0n) is 25.5. The molecule has 3 N–H and O–H groups in total. The van der Waals surface area contributed by atoms with Gasteiger partial charge in [0.15, 0.2) is 0 Å². The van der Waals surface area contributed by atoms with Crippen LogP contribution >= 0.6 is 11.8 Å². The molecule has 0 radical (unpaired) electrons. The number of hydrogen-bond acceptors (Lipinski definition) is 7. The number of carbonyl (C=O) groups excluding carboxylic acids is 1. The Labute approximate surface area is 233 Å². The van der Waals surface area contributed by atoms with E-state index in [1.165, 1.54) is 17.3 Å². The summed E-state index contributed by atoms with van der Waals surface area (Å²) in [6.07, 6.45) is 1.64. The van der Waals surface area contributed by atoms with Crippen molar-refractivity contribution >= 4 is 29.6 Å². The Morgan fingerprint density at radius 3 is 2.42 bits per heavy atom. The van der Waals surface area contributed by atoms with Gasteiger partial charge in [-0.05, 0) is 35.5 Å². The molecular weight excluding hydrogens is 504 g/mol. The molecule has 2 aliphatic heterocycles. The van der Waals surface area contributed by atoms with Crippen molar-refractivity contribution in [3.8, 4) is 0 Å². The molecule has 2 aliphatic rings. The summed E-state index contributed by atoms with van der Waals surface area (Å²) in [5.74, 6) is -1.92. The number of nitrogens with one attached hydrogen (secondary N) is 1. The van der Waals surface area contributed by atoms with Crippen LogP contribution in [0.1, 0.15) is 42.3 Å². The molecule has 0 saturated carbocycles. The van der Waals surface area contributed by atoms with Crippen molar-refractivity contribution in [3.05, 3.63) is 78.0 Å². The Bertz CT molecular complexity index is 1290. The number of benzene rings is 1. The molecule has 1 aromatic heterocycles. The topological polar surface area (TPSA) is 123 Å². The van der Waals surface area contributed by atoms with Crippen molar-refractivity contribution in [1.29, 1.82) is 0 Å². The summed E-state index contributed by atoms with van der Waals surface area (Å²) in [6.45, 7) is 8.65. The third-order valence-corrected chi connectivity index (χ3v) is 7.72. The highest BCUT2D eigenvalue weighted by atomic mass is 32.2. The summed E-state index contributed by atoms with van der Waals surface area (Å²) in [7, 11) is 0. The minimum absolute atomic E-state index is 0.0495. The highest BCUT2D eigenvalue weighted by molar-refractivity contribution is 7.99. The predicted octanol–water partition coefficient (Wildman–Crippen LogP) is 3.01. The van der Waals surface area contributed by atoms with Gasteiger partial charge in [0.2, 0.25) is 5.91 Å². The molecule has 38 heavy (non-hydrogen) atoms. The van der Waals surface area contributed by atoms with Gasteiger partial charge < -0.3 is 15.1 Å². The lowest BCUT2D eigenvalue weighted by Gasteiger charge is -2.37. The van der Waals surface area contributed by atoms with Crippen LogP contribution in [0, 0.1) is 0 Å². The Hall–Kier alpha value is -3.21. The van der Waals surface area contributed by atoms with Gasteiger partial charge in [-0.15, -0.1) is 11.8 Å². The van der Waals surface area contributed by atoms with E-state index in [0.717, 1.165) is 26.1 Å². The molecule has 2 fully saturated rings. The van der Waals surface area contributed by atoms with Gasteiger partial charge in [-0.2, -0.15) is 0 Å². The number of aromatic nitrogens is 1. The van der Waals surface area contributed by atoms with Crippen molar-refractivity contribution in [1.82, 2.24) is 20.1 Å². The number of thioether (sulfide) groups is 1. The van der Waals surface area contributed by atoms with Crippen molar-refractivity contribution in [3.63, 3.8) is 0 Å². The second-order valence-corrected chi connectivity index (χ2v) is 10.7. The van der Waals surface area contributed by atoms with Gasteiger partial charge in [0.1, 0.15) is 0 Å². The fraction of sp³-hybridized carbons (Fsp3) is 0.429. The highest BCUT2D eigenvalue weighted by Gasteiger charge is 2.34. The Balaban J connectivity index is 0.000000531. The molecule has 3 heterocycles. The second-order valence-electron chi connectivity index (χ2n) is 9.61. The van der Waals surface area contributed by atoms with Crippen molar-refractivity contribution in [2.24, 2.45) is 0 Å². The summed E-state index contributed by atoms with van der Waals surface area (Å²) in [5, 5.41) is 18.4. The molecule has 2 saturated heterocycles. The van der Waals surface area contributed by atoms with E-state index in [9.17, 15) is 14.4 Å². The minimum Gasteiger partial charge on any atom is -0.478 e. The molecule has 1 amide bonds. The standard InChI is InChI=1S/C24H32N4OS.C4H4O4/c1-24(2,20-8-4-3-5-9-20)10-12-27-13-15-28(16-14-27)23(29)21-18-30-22(26-21)19-7-6-11-25-17-19;5-3(6)1-2-4(7)8/h3-9,11,17,21-22,26H,10,12-16,18H2,1-2H3;1-2H,(H,5,6)(H,7,8)/b;2-1+/t21-,22?;/m0./s1/i6D,7D,11D,17D;. The van der Waals surface area contributed by atoms with E-state index >= 15 is 0 Å². The van der Waals surface area contributed by atoms with Crippen LogP contribution in [-0.2, 0) is 19.8 Å². The van der Waals surface area contributed by atoms with E-state index in [4.69, 9.17) is 15.7 Å². The summed E-state index contributed by atoms with van der Waals surface area (Å²) in [4.78, 5) is 40.3. The normalized spacial score (nSPS) is 21.6. The number of carboxylic acid groups (broad SMARTS) is 2. The number of pyridine rings is 1. The van der Waals surface area contributed by atoms with E-state index < -0.39 is 17.3 Å². The largest absolute Gasteiger partial charge is 0.478 e. The fourth-order valence-electron chi connectivity index (χ4n) is 4.17. The molecule has 4 rings (SSSR count). The smallest absolute Gasteiger partial charge is 0.328 e. The summed E-state index contributed by atoms with van der Waals surface area (Å²) in [6, 6.07) is 9.77. The minimum atomic E-state index is -1.26. The van der Waals surface area contributed by atoms with Crippen molar-refractivity contribution in [2.75, 3.05) is 38.5 Å².